The van der Waals surface area contributed by atoms with Crippen molar-refractivity contribution in [3.63, 3.8) is 0 Å². The fourth-order valence-corrected chi connectivity index (χ4v) is 1.76. The van der Waals surface area contributed by atoms with E-state index >= 15 is 0 Å². The molecule has 1 saturated heterocycles. The minimum Gasteiger partial charge on any atom is -0.511 e. The van der Waals surface area contributed by atoms with E-state index in [1.165, 1.54) is 6.20 Å². The summed E-state index contributed by atoms with van der Waals surface area (Å²) in [5.41, 5.74) is 0. The van der Waals surface area contributed by atoms with E-state index in [0.29, 0.717) is 18.4 Å². The molecule has 1 aliphatic heterocycles. The van der Waals surface area contributed by atoms with Crippen LogP contribution in [0.5, 0.6) is 11.6 Å². The van der Waals surface area contributed by atoms with Crippen LogP contribution in [0, 0.1) is 5.92 Å². The first-order valence-corrected chi connectivity index (χ1v) is 5.93. The fourth-order valence-electron chi connectivity index (χ4n) is 1.76. The maximum Gasteiger partial charge on any atom is 0.707 e. The normalized spacial score (nSPS) is 16.3. The van der Waals surface area contributed by atoms with Gasteiger partial charge >= 0.3 is 7.32 Å². The number of nitrogens with zero attached hydrogens (tertiary/aromatic N) is 1. The smallest absolute Gasteiger partial charge is 0.511 e. The van der Waals surface area contributed by atoms with Crippen molar-refractivity contribution in [3.05, 3.63) is 18.3 Å². The van der Waals surface area contributed by atoms with Crippen molar-refractivity contribution in [2.24, 2.45) is 5.92 Å². The summed E-state index contributed by atoms with van der Waals surface area (Å²) in [7, 11) is -1.83. The molecule has 2 N–H and O–H groups in total. The molecule has 1 aromatic rings. The third-order valence-electron chi connectivity index (χ3n) is 2.76. The van der Waals surface area contributed by atoms with Gasteiger partial charge in [-0.15, -0.1) is 0 Å². The van der Waals surface area contributed by atoms with Gasteiger partial charge in [-0.25, -0.2) is 4.98 Å². The van der Waals surface area contributed by atoms with Crippen LogP contribution in [0.2, 0.25) is 0 Å². The first-order valence-electron chi connectivity index (χ1n) is 5.93. The maximum absolute atomic E-state index is 8.61. The number of aromatic nitrogens is 1. The third kappa shape index (κ3) is 4.17. The molecule has 1 fully saturated rings. The first-order chi connectivity index (χ1) is 8.74. The maximum atomic E-state index is 8.61. The van der Waals surface area contributed by atoms with E-state index < -0.39 is 7.32 Å². The molecule has 0 radical (unpaired) electrons. The van der Waals surface area contributed by atoms with Gasteiger partial charge in [0.25, 0.3) is 0 Å². The molecule has 0 aliphatic carbocycles. The summed E-state index contributed by atoms with van der Waals surface area (Å²) in [6, 6.07) is 3.21. The lowest BCUT2D eigenvalue weighted by atomic mass is 10.0. The number of ether oxygens (including phenoxy) is 2. The molecule has 6 nitrogen and oxygen atoms in total. The minimum atomic E-state index is -1.83. The van der Waals surface area contributed by atoms with Gasteiger partial charge in [0.1, 0.15) is 5.75 Å². The SMILES string of the molecule is OB(O)Oc1ccc(OCC2CCOCC2)nc1. The quantitative estimate of drug-likeness (QED) is 0.731. The van der Waals surface area contributed by atoms with Crippen molar-refractivity contribution in [2.45, 2.75) is 12.8 Å². The lowest BCUT2D eigenvalue weighted by molar-refractivity contribution is 0.0490. The molecule has 0 unspecified atom stereocenters. The lowest BCUT2D eigenvalue weighted by Crippen LogP contribution is -2.22. The fraction of sp³-hybridized carbons (Fsp3) is 0.545. The topological polar surface area (TPSA) is 81.0 Å². The van der Waals surface area contributed by atoms with Gasteiger partial charge in [-0.3, -0.25) is 0 Å². The molecule has 18 heavy (non-hydrogen) atoms. The van der Waals surface area contributed by atoms with Gasteiger partial charge in [0.05, 0.1) is 12.8 Å². The van der Waals surface area contributed by atoms with Crippen LogP contribution >= 0.6 is 0 Å². The molecule has 2 heterocycles. The van der Waals surface area contributed by atoms with Crippen LogP contribution in [0.4, 0.5) is 0 Å². The highest BCUT2D eigenvalue weighted by Crippen LogP contribution is 2.18. The summed E-state index contributed by atoms with van der Waals surface area (Å²) in [5, 5.41) is 17.2. The molecule has 0 bridgehead atoms. The Balaban J connectivity index is 1.78. The molecule has 2 rings (SSSR count). The second-order valence-electron chi connectivity index (χ2n) is 4.14. The van der Waals surface area contributed by atoms with Gasteiger partial charge in [-0.2, -0.15) is 0 Å². The van der Waals surface area contributed by atoms with Gasteiger partial charge in [-0.05, 0) is 24.8 Å². The molecule has 0 amide bonds. The Morgan fingerprint density at radius 2 is 2.11 bits per heavy atom. The zero-order valence-electron chi connectivity index (χ0n) is 9.99. The number of pyridine rings is 1. The molecule has 0 aromatic carbocycles. The molecule has 0 spiro atoms. The first kappa shape index (κ1) is 13.1. The third-order valence-corrected chi connectivity index (χ3v) is 2.76. The average Bonchev–Trinajstić information content (AvgIpc) is 2.38. The predicted molar refractivity (Wildman–Crippen MR) is 64.1 cm³/mol. The number of hydrogen-bond acceptors (Lipinski definition) is 6. The van der Waals surface area contributed by atoms with Crippen LogP contribution in [0.1, 0.15) is 12.8 Å². The van der Waals surface area contributed by atoms with Crippen molar-refractivity contribution >= 4 is 7.32 Å². The van der Waals surface area contributed by atoms with Crippen LogP contribution < -0.4 is 9.39 Å². The lowest BCUT2D eigenvalue weighted by Gasteiger charge is -2.21. The Bertz CT molecular complexity index is 353. The Kier molecular flexibility index (Phi) is 4.80. The highest BCUT2D eigenvalue weighted by Gasteiger charge is 2.15. The van der Waals surface area contributed by atoms with Gasteiger partial charge < -0.3 is 24.2 Å². The highest BCUT2D eigenvalue weighted by atomic mass is 16.6. The van der Waals surface area contributed by atoms with E-state index in [-0.39, 0.29) is 5.75 Å². The molecule has 1 aromatic heterocycles. The van der Waals surface area contributed by atoms with E-state index in [4.69, 9.17) is 19.5 Å². The zero-order chi connectivity index (χ0) is 12.8. The number of hydrogen-bond donors (Lipinski definition) is 2. The van der Waals surface area contributed by atoms with E-state index in [1.54, 1.807) is 12.1 Å². The van der Waals surface area contributed by atoms with E-state index in [9.17, 15) is 0 Å². The summed E-state index contributed by atoms with van der Waals surface area (Å²) in [6.07, 6.45) is 3.41. The Morgan fingerprint density at radius 1 is 1.33 bits per heavy atom. The molecule has 1 aliphatic rings. The molecule has 0 saturated carbocycles. The van der Waals surface area contributed by atoms with Crippen molar-refractivity contribution in [1.29, 1.82) is 0 Å². The van der Waals surface area contributed by atoms with Gasteiger partial charge in [0, 0.05) is 19.3 Å². The summed E-state index contributed by atoms with van der Waals surface area (Å²) in [6.45, 7) is 2.21. The molecular weight excluding hydrogens is 237 g/mol. The van der Waals surface area contributed by atoms with Gasteiger partial charge in [-0.1, -0.05) is 0 Å². The average molecular weight is 253 g/mol. The van der Waals surface area contributed by atoms with E-state index in [0.717, 1.165) is 26.1 Å². The predicted octanol–water partition coefficient (Wildman–Crippen LogP) is 0.235. The zero-order valence-corrected chi connectivity index (χ0v) is 9.99. The van der Waals surface area contributed by atoms with Crippen LogP contribution in [-0.2, 0) is 4.74 Å². The number of rotatable bonds is 5. The standard InChI is InChI=1S/C11H16BNO5/c14-12(15)18-10-1-2-11(13-7-10)17-8-9-3-5-16-6-4-9/h1-2,7,9,14-15H,3-6,8H2. The second kappa shape index (κ2) is 6.58. The Morgan fingerprint density at radius 3 is 2.72 bits per heavy atom. The molecular formula is C11H16BNO5. The second-order valence-corrected chi connectivity index (χ2v) is 4.14. The minimum absolute atomic E-state index is 0.281. The Hall–Kier alpha value is -1.31. The summed E-state index contributed by atoms with van der Waals surface area (Å²) < 4.78 is 15.5. The van der Waals surface area contributed by atoms with Crippen molar-refractivity contribution in [3.8, 4) is 11.6 Å². The summed E-state index contributed by atoms with van der Waals surface area (Å²) in [4.78, 5) is 4.02. The molecule has 0 atom stereocenters. The summed E-state index contributed by atoms with van der Waals surface area (Å²) >= 11 is 0. The van der Waals surface area contributed by atoms with E-state index in [2.05, 4.69) is 9.64 Å². The van der Waals surface area contributed by atoms with Crippen molar-refractivity contribution in [2.75, 3.05) is 19.8 Å². The largest absolute Gasteiger partial charge is 0.707 e. The monoisotopic (exact) mass is 253 g/mol. The van der Waals surface area contributed by atoms with E-state index in [1.807, 2.05) is 0 Å². The molecule has 98 valence electrons. The van der Waals surface area contributed by atoms with Crippen molar-refractivity contribution < 1.29 is 24.2 Å². The van der Waals surface area contributed by atoms with Crippen LogP contribution in [0.15, 0.2) is 18.3 Å². The van der Waals surface area contributed by atoms with Crippen LogP contribution in [0.3, 0.4) is 0 Å². The Labute approximate surface area is 106 Å². The van der Waals surface area contributed by atoms with Gasteiger partial charge in [0.15, 0.2) is 0 Å². The molecule has 7 heteroatoms. The summed E-state index contributed by atoms with van der Waals surface area (Å²) in [5.74, 6) is 1.29. The van der Waals surface area contributed by atoms with Gasteiger partial charge in [0.2, 0.25) is 5.88 Å². The van der Waals surface area contributed by atoms with Crippen LogP contribution in [-0.4, -0.2) is 42.2 Å². The van der Waals surface area contributed by atoms with Crippen molar-refractivity contribution in [1.82, 2.24) is 4.98 Å². The highest BCUT2D eigenvalue weighted by molar-refractivity contribution is 6.33. The van der Waals surface area contributed by atoms with Crippen LogP contribution in [0.25, 0.3) is 0 Å².